The largest absolute Gasteiger partial charge is 0.323 e. The van der Waals surface area contributed by atoms with Crippen LogP contribution in [0.3, 0.4) is 0 Å². The molecule has 5 heteroatoms. The molecule has 1 aromatic carbocycles. The lowest BCUT2D eigenvalue weighted by atomic mass is 9.97. The monoisotopic (exact) mass is 271 g/mol. The van der Waals surface area contributed by atoms with E-state index in [-0.39, 0.29) is 17.9 Å². The van der Waals surface area contributed by atoms with Gasteiger partial charge in [0.2, 0.25) is 0 Å². The van der Waals surface area contributed by atoms with Crippen molar-refractivity contribution in [1.29, 1.82) is 0 Å². The van der Waals surface area contributed by atoms with E-state index in [2.05, 4.69) is 16.8 Å². The summed E-state index contributed by atoms with van der Waals surface area (Å²) >= 11 is 5.76. The first-order chi connectivity index (χ1) is 8.49. The van der Waals surface area contributed by atoms with Gasteiger partial charge < -0.3 is 10.6 Å². The van der Waals surface area contributed by atoms with Crippen LogP contribution in [-0.2, 0) is 0 Å². The van der Waals surface area contributed by atoms with Crippen molar-refractivity contribution in [2.24, 2.45) is 5.73 Å². The van der Waals surface area contributed by atoms with E-state index in [0.717, 1.165) is 19.6 Å². The van der Waals surface area contributed by atoms with Crippen LogP contribution in [0, 0.1) is 5.82 Å². The van der Waals surface area contributed by atoms with Gasteiger partial charge in [-0.3, -0.25) is 4.90 Å². The lowest BCUT2D eigenvalue weighted by molar-refractivity contribution is 0.0966. The number of benzene rings is 1. The Morgan fingerprint density at radius 2 is 2.11 bits per heavy atom. The van der Waals surface area contributed by atoms with Gasteiger partial charge in [-0.2, -0.15) is 0 Å². The normalized spacial score (nSPS) is 24.2. The fraction of sp³-hybridized carbons (Fsp3) is 0.538. The second-order valence-electron chi connectivity index (χ2n) is 5.00. The Labute approximate surface area is 112 Å². The third-order valence-electron chi connectivity index (χ3n) is 3.64. The molecule has 0 aliphatic carbocycles. The molecule has 2 unspecified atom stereocenters. The van der Waals surface area contributed by atoms with E-state index in [9.17, 15) is 4.39 Å². The maximum Gasteiger partial charge on any atom is 0.129 e. The maximum absolute atomic E-state index is 13.9. The van der Waals surface area contributed by atoms with E-state index in [0.29, 0.717) is 10.6 Å². The highest BCUT2D eigenvalue weighted by atomic mass is 35.5. The Kier molecular flexibility index (Phi) is 4.22. The van der Waals surface area contributed by atoms with Crippen molar-refractivity contribution >= 4 is 11.6 Å². The summed E-state index contributed by atoms with van der Waals surface area (Å²) in [4.78, 5) is 4.41. The van der Waals surface area contributed by atoms with Crippen LogP contribution in [0.4, 0.5) is 4.39 Å². The summed E-state index contributed by atoms with van der Waals surface area (Å²) in [7, 11) is 4.09. The summed E-state index contributed by atoms with van der Waals surface area (Å²) in [5.41, 5.74) is 6.76. The zero-order valence-corrected chi connectivity index (χ0v) is 11.5. The van der Waals surface area contributed by atoms with Gasteiger partial charge in [0.1, 0.15) is 5.82 Å². The van der Waals surface area contributed by atoms with Gasteiger partial charge in [-0.05, 0) is 26.2 Å². The van der Waals surface area contributed by atoms with Gasteiger partial charge in [-0.15, -0.1) is 0 Å². The number of likely N-dealkylation sites (N-methyl/N-ethyl adjacent to an activating group) is 2. The Morgan fingerprint density at radius 3 is 2.78 bits per heavy atom. The number of hydrogen-bond donors (Lipinski definition) is 1. The molecule has 1 aromatic rings. The average molecular weight is 272 g/mol. The van der Waals surface area contributed by atoms with Crippen molar-refractivity contribution in [3.63, 3.8) is 0 Å². The van der Waals surface area contributed by atoms with Crippen LogP contribution in [0.5, 0.6) is 0 Å². The molecule has 0 spiro atoms. The highest BCUT2D eigenvalue weighted by Gasteiger charge is 2.29. The molecule has 3 nitrogen and oxygen atoms in total. The van der Waals surface area contributed by atoms with Crippen LogP contribution in [0.1, 0.15) is 11.6 Å². The molecule has 0 bridgehead atoms. The zero-order chi connectivity index (χ0) is 13.3. The molecular formula is C13H19ClFN3. The van der Waals surface area contributed by atoms with E-state index in [1.165, 1.54) is 6.07 Å². The summed E-state index contributed by atoms with van der Waals surface area (Å²) < 4.78 is 13.9. The fourth-order valence-corrected chi connectivity index (χ4v) is 2.57. The van der Waals surface area contributed by atoms with Gasteiger partial charge >= 0.3 is 0 Å². The van der Waals surface area contributed by atoms with Crippen molar-refractivity contribution in [3.8, 4) is 0 Å². The molecule has 0 amide bonds. The van der Waals surface area contributed by atoms with Crippen molar-refractivity contribution in [2.75, 3.05) is 33.7 Å². The number of nitrogens with zero attached hydrogens (tertiary/aromatic N) is 2. The average Bonchev–Trinajstić information content (AvgIpc) is 2.31. The SMILES string of the molecule is CN1CCN(C)C(C(N)c2ccc(Cl)cc2F)C1. The molecule has 0 aromatic heterocycles. The van der Waals surface area contributed by atoms with E-state index in [1.807, 2.05) is 7.05 Å². The first kappa shape index (κ1) is 13.7. The molecule has 1 aliphatic rings. The standard InChI is InChI=1S/C13H19ClFN3/c1-17-5-6-18(2)12(8-17)13(16)10-4-3-9(14)7-11(10)15/h3-4,7,12-13H,5-6,8,16H2,1-2H3. The van der Waals surface area contributed by atoms with E-state index >= 15 is 0 Å². The van der Waals surface area contributed by atoms with E-state index in [1.54, 1.807) is 12.1 Å². The number of piperazine rings is 1. The number of halogens is 2. The van der Waals surface area contributed by atoms with Gasteiger partial charge in [0.15, 0.2) is 0 Å². The second-order valence-corrected chi connectivity index (χ2v) is 5.44. The molecule has 18 heavy (non-hydrogen) atoms. The van der Waals surface area contributed by atoms with Crippen LogP contribution in [-0.4, -0.2) is 49.6 Å². The number of nitrogens with two attached hydrogens (primary N) is 1. The van der Waals surface area contributed by atoms with Gasteiger partial charge in [0, 0.05) is 42.3 Å². The van der Waals surface area contributed by atoms with Crippen LogP contribution in [0.2, 0.25) is 5.02 Å². The lowest BCUT2D eigenvalue weighted by Gasteiger charge is -2.40. The van der Waals surface area contributed by atoms with E-state index < -0.39 is 0 Å². The van der Waals surface area contributed by atoms with Crippen molar-refractivity contribution in [3.05, 3.63) is 34.6 Å². The third kappa shape index (κ3) is 2.83. The van der Waals surface area contributed by atoms with Crippen molar-refractivity contribution in [1.82, 2.24) is 9.80 Å². The van der Waals surface area contributed by atoms with Gasteiger partial charge in [-0.25, -0.2) is 4.39 Å². The lowest BCUT2D eigenvalue weighted by Crippen LogP contribution is -2.54. The molecule has 2 atom stereocenters. The Bertz CT molecular complexity index is 427. The molecular weight excluding hydrogens is 253 g/mol. The van der Waals surface area contributed by atoms with Gasteiger partial charge in [0.25, 0.3) is 0 Å². The van der Waals surface area contributed by atoms with Crippen molar-refractivity contribution < 1.29 is 4.39 Å². The first-order valence-corrected chi connectivity index (χ1v) is 6.46. The second kappa shape index (κ2) is 5.53. The minimum absolute atomic E-state index is 0.124. The summed E-state index contributed by atoms with van der Waals surface area (Å²) in [6.45, 7) is 2.81. The minimum atomic E-state index is -0.338. The third-order valence-corrected chi connectivity index (χ3v) is 3.87. The molecule has 2 N–H and O–H groups in total. The Hall–Kier alpha value is -0.680. The first-order valence-electron chi connectivity index (χ1n) is 6.08. The smallest absolute Gasteiger partial charge is 0.129 e. The Balaban J connectivity index is 2.21. The molecule has 1 fully saturated rings. The summed E-state index contributed by atoms with van der Waals surface area (Å²) in [6.07, 6.45) is 0. The molecule has 100 valence electrons. The van der Waals surface area contributed by atoms with Crippen LogP contribution < -0.4 is 5.73 Å². The predicted molar refractivity (Wildman–Crippen MR) is 72.3 cm³/mol. The predicted octanol–water partition coefficient (Wildman–Crippen LogP) is 1.72. The number of rotatable bonds is 2. The highest BCUT2D eigenvalue weighted by Crippen LogP contribution is 2.25. The molecule has 1 aliphatic heterocycles. The van der Waals surface area contributed by atoms with Gasteiger partial charge in [0.05, 0.1) is 0 Å². The summed E-state index contributed by atoms with van der Waals surface area (Å²) in [6, 6.07) is 4.48. The quantitative estimate of drug-likeness (QED) is 0.889. The zero-order valence-electron chi connectivity index (χ0n) is 10.7. The molecule has 0 radical (unpaired) electrons. The molecule has 0 saturated carbocycles. The Morgan fingerprint density at radius 1 is 1.39 bits per heavy atom. The molecule has 1 heterocycles. The minimum Gasteiger partial charge on any atom is -0.323 e. The van der Waals surface area contributed by atoms with Crippen LogP contribution in [0.25, 0.3) is 0 Å². The molecule has 2 rings (SSSR count). The van der Waals surface area contributed by atoms with Crippen LogP contribution in [0.15, 0.2) is 18.2 Å². The van der Waals surface area contributed by atoms with Gasteiger partial charge in [-0.1, -0.05) is 17.7 Å². The highest BCUT2D eigenvalue weighted by molar-refractivity contribution is 6.30. The van der Waals surface area contributed by atoms with E-state index in [4.69, 9.17) is 17.3 Å². The fourth-order valence-electron chi connectivity index (χ4n) is 2.41. The molecule has 1 saturated heterocycles. The summed E-state index contributed by atoms with van der Waals surface area (Å²) in [5.74, 6) is -0.323. The summed E-state index contributed by atoms with van der Waals surface area (Å²) in [5, 5.41) is 0.401. The maximum atomic E-state index is 13.9. The number of hydrogen-bond acceptors (Lipinski definition) is 3. The van der Waals surface area contributed by atoms with Crippen LogP contribution >= 0.6 is 11.6 Å². The van der Waals surface area contributed by atoms with Crippen molar-refractivity contribution in [2.45, 2.75) is 12.1 Å². The topological polar surface area (TPSA) is 32.5 Å².